The van der Waals surface area contributed by atoms with E-state index in [4.69, 9.17) is 0 Å². The summed E-state index contributed by atoms with van der Waals surface area (Å²) < 4.78 is 1.63. The quantitative estimate of drug-likeness (QED) is 0.426. The minimum absolute atomic E-state index is 0.189. The molecule has 6 heteroatoms. The Morgan fingerprint density at radius 2 is 1.75 bits per heavy atom. The Morgan fingerprint density at radius 1 is 0.844 bits per heavy atom. The Labute approximate surface area is 184 Å². The topological polar surface area (TPSA) is 73.6 Å². The molecule has 0 N–H and O–H groups in total. The third-order valence-corrected chi connectivity index (χ3v) is 5.04. The van der Waals surface area contributed by atoms with Crippen LogP contribution in [-0.2, 0) is 6.42 Å². The van der Waals surface area contributed by atoms with Crippen molar-refractivity contribution in [1.82, 2.24) is 24.5 Å². The maximum absolute atomic E-state index is 13.5. The van der Waals surface area contributed by atoms with Gasteiger partial charge in [-0.3, -0.25) is 19.3 Å². The van der Waals surface area contributed by atoms with Crippen molar-refractivity contribution in [2.24, 2.45) is 0 Å². The molecule has 0 aliphatic carbocycles. The zero-order valence-corrected chi connectivity index (χ0v) is 17.2. The first kappa shape index (κ1) is 19.5. The van der Waals surface area contributed by atoms with E-state index in [1.165, 1.54) is 0 Å². The summed E-state index contributed by atoms with van der Waals surface area (Å²) in [5.41, 5.74) is 4.94. The Hall–Kier alpha value is -4.45. The number of hydrogen-bond donors (Lipinski definition) is 0. The molecule has 6 nitrogen and oxygen atoms in total. The summed E-state index contributed by atoms with van der Waals surface area (Å²) >= 11 is 0. The fourth-order valence-corrected chi connectivity index (χ4v) is 3.54. The average molecular weight is 417 g/mol. The van der Waals surface area contributed by atoms with Crippen molar-refractivity contribution in [1.29, 1.82) is 0 Å². The van der Waals surface area contributed by atoms with E-state index in [2.05, 4.69) is 19.9 Å². The molecule has 4 aromatic heterocycles. The lowest BCUT2D eigenvalue weighted by atomic mass is 10.1. The number of benzene rings is 1. The summed E-state index contributed by atoms with van der Waals surface area (Å²) in [6, 6.07) is 21.0. The Kier molecular flexibility index (Phi) is 5.32. The van der Waals surface area contributed by atoms with Gasteiger partial charge < -0.3 is 0 Å². The summed E-state index contributed by atoms with van der Waals surface area (Å²) in [4.78, 5) is 31.0. The molecule has 1 aromatic carbocycles. The van der Waals surface area contributed by atoms with E-state index in [1.54, 1.807) is 29.4 Å². The molecule has 0 atom stereocenters. The molecule has 0 amide bonds. The first-order valence-electron chi connectivity index (χ1n) is 10.2. The molecular weight excluding hydrogens is 398 g/mol. The molecule has 32 heavy (non-hydrogen) atoms. The first-order chi connectivity index (χ1) is 15.8. The number of fused-ring (bicyclic) bond motifs is 1. The highest BCUT2D eigenvalue weighted by atomic mass is 16.1. The summed E-state index contributed by atoms with van der Waals surface area (Å²) in [5.74, 6) is 0. The molecule has 0 spiro atoms. The van der Waals surface area contributed by atoms with Gasteiger partial charge in [-0.05, 0) is 59.7 Å². The molecule has 0 saturated carbocycles. The van der Waals surface area contributed by atoms with E-state index >= 15 is 0 Å². The summed E-state index contributed by atoms with van der Waals surface area (Å²) in [6.07, 6.45) is 11.2. The molecule has 0 bridgehead atoms. The highest BCUT2D eigenvalue weighted by Gasteiger charge is 2.14. The van der Waals surface area contributed by atoms with Gasteiger partial charge in [-0.2, -0.15) is 0 Å². The number of hydrogen-bond acceptors (Lipinski definition) is 5. The van der Waals surface area contributed by atoms with Gasteiger partial charge in [0.25, 0.3) is 5.56 Å². The molecule has 0 saturated heterocycles. The van der Waals surface area contributed by atoms with E-state index < -0.39 is 0 Å². The van der Waals surface area contributed by atoms with Gasteiger partial charge in [0.1, 0.15) is 11.2 Å². The van der Waals surface area contributed by atoms with Crippen LogP contribution >= 0.6 is 0 Å². The van der Waals surface area contributed by atoms with Gasteiger partial charge in [0.15, 0.2) is 5.65 Å². The van der Waals surface area contributed by atoms with Crippen LogP contribution in [0.3, 0.4) is 0 Å². The summed E-state index contributed by atoms with van der Waals surface area (Å²) in [6.45, 7) is 0. The van der Waals surface area contributed by atoms with Crippen molar-refractivity contribution in [3.05, 3.63) is 124 Å². The summed E-state index contributed by atoms with van der Waals surface area (Å²) in [5, 5.41) is 0. The van der Waals surface area contributed by atoms with E-state index in [-0.39, 0.29) is 5.56 Å². The molecule has 5 rings (SSSR count). The lowest BCUT2D eigenvalue weighted by molar-refractivity contribution is 0.924. The van der Waals surface area contributed by atoms with Crippen molar-refractivity contribution >= 4 is 23.3 Å². The van der Waals surface area contributed by atoms with Gasteiger partial charge in [0.05, 0.1) is 11.4 Å². The van der Waals surface area contributed by atoms with Crippen LogP contribution in [0.5, 0.6) is 0 Å². The largest absolute Gasteiger partial charge is 0.278 e. The van der Waals surface area contributed by atoms with Gasteiger partial charge in [-0.25, -0.2) is 9.97 Å². The first-order valence-corrected chi connectivity index (χ1v) is 10.2. The van der Waals surface area contributed by atoms with E-state index in [0.29, 0.717) is 23.3 Å². The van der Waals surface area contributed by atoms with Crippen LogP contribution in [0.15, 0.2) is 96.3 Å². The lowest BCUT2D eigenvalue weighted by Crippen LogP contribution is -2.25. The Balaban J connectivity index is 1.61. The van der Waals surface area contributed by atoms with E-state index in [0.717, 1.165) is 22.5 Å². The SMILES string of the molecule is O=c1c(Cc2cccnc2)nc2cccnc2n1-c1cccc(C=Cc2ccccn2)c1. The molecule has 5 aromatic rings. The molecule has 4 heterocycles. The fourth-order valence-electron chi connectivity index (χ4n) is 3.54. The molecule has 0 fully saturated rings. The second-order valence-corrected chi connectivity index (χ2v) is 7.27. The maximum atomic E-state index is 13.5. The second kappa shape index (κ2) is 8.73. The standard InChI is InChI=1S/C26H19N5O/c32-26-24(17-20-7-4-13-27-18-20)30-23-10-5-15-29-25(23)31(26)22-9-3-6-19(16-22)11-12-21-8-1-2-14-28-21/h1-16,18H,17H2. The van der Waals surface area contributed by atoms with Crippen LogP contribution in [0.25, 0.3) is 29.0 Å². The van der Waals surface area contributed by atoms with Crippen molar-refractivity contribution in [3.63, 3.8) is 0 Å². The minimum atomic E-state index is -0.189. The maximum Gasteiger partial charge on any atom is 0.278 e. The van der Waals surface area contributed by atoms with Crippen LogP contribution in [0.4, 0.5) is 0 Å². The van der Waals surface area contributed by atoms with Crippen molar-refractivity contribution < 1.29 is 0 Å². The van der Waals surface area contributed by atoms with Crippen LogP contribution < -0.4 is 5.56 Å². The van der Waals surface area contributed by atoms with Gasteiger partial charge >= 0.3 is 0 Å². The highest BCUT2D eigenvalue weighted by Crippen LogP contribution is 2.17. The fraction of sp³-hybridized carbons (Fsp3) is 0.0385. The average Bonchev–Trinajstić information content (AvgIpc) is 2.85. The number of aromatic nitrogens is 5. The zero-order chi connectivity index (χ0) is 21.8. The Bertz CT molecular complexity index is 1460. The number of pyridine rings is 3. The molecule has 154 valence electrons. The smallest absolute Gasteiger partial charge is 0.267 e. The van der Waals surface area contributed by atoms with Crippen LogP contribution in [-0.4, -0.2) is 24.5 Å². The predicted octanol–water partition coefficient (Wildman–Crippen LogP) is 4.33. The van der Waals surface area contributed by atoms with Crippen molar-refractivity contribution in [2.75, 3.05) is 0 Å². The number of rotatable bonds is 5. The second-order valence-electron chi connectivity index (χ2n) is 7.27. The third-order valence-electron chi connectivity index (χ3n) is 5.04. The minimum Gasteiger partial charge on any atom is -0.267 e. The van der Waals surface area contributed by atoms with Gasteiger partial charge in [0.2, 0.25) is 0 Å². The van der Waals surface area contributed by atoms with Gasteiger partial charge in [0, 0.05) is 31.2 Å². The normalized spacial score (nSPS) is 11.2. The van der Waals surface area contributed by atoms with E-state index in [1.807, 2.05) is 78.9 Å². The Morgan fingerprint density at radius 3 is 2.59 bits per heavy atom. The monoisotopic (exact) mass is 417 g/mol. The zero-order valence-electron chi connectivity index (χ0n) is 17.2. The number of nitrogens with zero attached hydrogens (tertiary/aromatic N) is 5. The molecule has 0 aliphatic heterocycles. The highest BCUT2D eigenvalue weighted by molar-refractivity contribution is 5.73. The lowest BCUT2D eigenvalue weighted by Gasteiger charge is -2.12. The molecular formula is C26H19N5O. The van der Waals surface area contributed by atoms with Gasteiger partial charge in [-0.1, -0.05) is 30.3 Å². The van der Waals surface area contributed by atoms with Crippen LogP contribution in [0.1, 0.15) is 22.5 Å². The van der Waals surface area contributed by atoms with Crippen LogP contribution in [0, 0.1) is 0 Å². The summed E-state index contributed by atoms with van der Waals surface area (Å²) in [7, 11) is 0. The van der Waals surface area contributed by atoms with Crippen molar-refractivity contribution in [2.45, 2.75) is 6.42 Å². The predicted molar refractivity (Wildman–Crippen MR) is 125 cm³/mol. The van der Waals surface area contributed by atoms with Gasteiger partial charge in [-0.15, -0.1) is 0 Å². The molecule has 0 aliphatic rings. The van der Waals surface area contributed by atoms with Crippen molar-refractivity contribution in [3.8, 4) is 5.69 Å². The third kappa shape index (κ3) is 4.06. The molecule has 0 unspecified atom stereocenters. The van der Waals surface area contributed by atoms with Crippen LogP contribution in [0.2, 0.25) is 0 Å². The van der Waals surface area contributed by atoms with E-state index in [9.17, 15) is 4.79 Å². The molecule has 0 radical (unpaired) electrons.